The summed E-state index contributed by atoms with van der Waals surface area (Å²) in [4.78, 5) is 0. The Kier molecular flexibility index (Phi) is 12.8. The molecule has 3 heteroatoms. The molecule has 2 fully saturated rings. The Morgan fingerprint density at radius 1 is 0.771 bits per heavy atom. The molecule has 0 aliphatic heterocycles. The number of rotatable bonds is 5. The maximum Gasteiger partial charge on any atom is 2.00 e. The Morgan fingerprint density at radius 2 is 1.23 bits per heavy atom. The second-order valence-corrected chi connectivity index (χ2v) is 19.7. The van der Waals surface area contributed by atoms with Gasteiger partial charge >= 0.3 is 17.1 Å². The molecule has 0 bridgehead atoms. The third-order valence-electron chi connectivity index (χ3n) is 7.88. The van der Waals surface area contributed by atoms with Gasteiger partial charge in [0, 0.05) is 0 Å². The molecule has 0 N–H and O–H groups in total. The molecule has 0 saturated heterocycles. The van der Waals surface area contributed by atoms with Crippen molar-refractivity contribution >= 4 is 21.1 Å². The van der Waals surface area contributed by atoms with Crippen LogP contribution in [0.5, 0.6) is 0 Å². The van der Waals surface area contributed by atoms with Crippen LogP contribution in [0.15, 0.2) is 48.5 Å². The monoisotopic (exact) mass is 554 g/mol. The van der Waals surface area contributed by atoms with Crippen LogP contribution in [-0.2, 0) is 17.1 Å². The summed E-state index contributed by atoms with van der Waals surface area (Å²) in [6, 6.07) is 17.5. The van der Waals surface area contributed by atoms with E-state index >= 15 is 0 Å². The van der Waals surface area contributed by atoms with E-state index in [4.69, 9.17) is 0 Å². The smallest absolute Gasteiger partial charge is 0.214 e. The van der Waals surface area contributed by atoms with Crippen molar-refractivity contribution in [2.24, 2.45) is 0 Å². The maximum absolute atomic E-state index is 2.58. The first-order valence-electron chi connectivity index (χ1n) is 14.1. The summed E-state index contributed by atoms with van der Waals surface area (Å²) in [6.45, 7) is 17.5. The van der Waals surface area contributed by atoms with Gasteiger partial charge in [0.25, 0.3) is 0 Å². The first-order valence-corrected chi connectivity index (χ1v) is 17.0. The van der Waals surface area contributed by atoms with E-state index in [9.17, 15) is 0 Å². The van der Waals surface area contributed by atoms with Gasteiger partial charge in [-0.25, -0.2) is 24.3 Å². The molecule has 0 unspecified atom stereocenters. The minimum Gasteiger partial charge on any atom is -0.214 e. The van der Waals surface area contributed by atoms with Crippen LogP contribution >= 0.6 is 15.8 Å². The number of hydrogen-bond acceptors (Lipinski definition) is 0. The summed E-state index contributed by atoms with van der Waals surface area (Å²) >= 11 is 0. The van der Waals surface area contributed by atoms with E-state index in [-0.39, 0.29) is 32.9 Å². The normalized spacial score (nSPS) is 19.2. The molecule has 4 rings (SSSR count). The van der Waals surface area contributed by atoms with Gasteiger partial charge in [0.1, 0.15) is 0 Å². The minimum absolute atomic E-state index is 0. The van der Waals surface area contributed by atoms with Crippen LogP contribution in [0, 0.1) is 0 Å². The molecule has 2 aliphatic carbocycles. The Hall–Kier alpha value is 0.0795. The van der Waals surface area contributed by atoms with Gasteiger partial charge in [-0.1, -0.05) is 94.9 Å². The molecule has 0 nitrogen and oxygen atoms in total. The molecule has 2 aromatic rings. The largest absolute Gasteiger partial charge is 2.00 e. The van der Waals surface area contributed by atoms with Crippen LogP contribution in [0.2, 0.25) is 0 Å². The van der Waals surface area contributed by atoms with E-state index in [0.29, 0.717) is 16.0 Å². The molecule has 2 aromatic carbocycles. The summed E-state index contributed by atoms with van der Waals surface area (Å²) in [7, 11) is -0.114. The van der Waals surface area contributed by atoms with Crippen molar-refractivity contribution in [3.05, 3.63) is 54.1 Å². The van der Waals surface area contributed by atoms with E-state index < -0.39 is 0 Å². The average molecular weight is 555 g/mol. The maximum atomic E-state index is 2.58. The van der Waals surface area contributed by atoms with Crippen LogP contribution in [0.1, 0.15) is 124 Å². The SMILES string of the molecule is C[C@H]([c-]1cccc1P(C1CCCCC1)C1CCCCC1)P(C(C)(C)C)C(C)(C)C.[Fe+2].c1cc[cH-]c1. The molecular formula is C32H52FeP2. The van der Waals surface area contributed by atoms with Gasteiger partial charge in [-0.05, 0) is 53.0 Å². The van der Waals surface area contributed by atoms with E-state index in [1.165, 1.54) is 64.2 Å². The molecule has 0 radical (unpaired) electrons. The van der Waals surface area contributed by atoms with Crippen LogP contribution in [0.4, 0.5) is 0 Å². The molecule has 0 spiro atoms. The topological polar surface area (TPSA) is 0 Å². The van der Waals surface area contributed by atoms with Crippen LogP contribution in [-0.4, -0.2) is 21.6 Å². The van der Waals surface area contributed by atoms with Crippen molar-refractivity contribution in [2.45, 2.75) is 140 Å². The summed E-state index contributed by atoms with van der Waals surface area (Å²) in [6.07, 6.45) is 14.9. The summed E-state index contributed by atoms with van der Waals surface area (Å²) in [5, 5.41) is 2.62. The number of hydrogen-bond donors (Lipinski definition) is 0. The van der Waals surface area contributed by atoms with Crippen molar-refractivity contribution in [3.8, 4) is 0 Å². The second kappa shape index (κ2) is 14.3. The van der Waals surface area contributed by atoms with E-state index in [2.05, 4.69) is 66.7 Å². The Bertz CT molecular complexity index is 746. The van der Waals surface area contributed by atoms with Crippen LogP contribution in [0.3, 0.4) is 0 Å². The zero-order chi connectivity index (χ0) is 24.8. The molecule has 1 atom stereocenters. The van der Waals surface area contributed by atoms with Crippen molar-refractivity contribution in [1.29, 1.82) is 0 Å². The summed E-state index contributed by atoms with van der Waals surface area (Å²) in [5.41, 5.74) is 4.46. The fourth-order valence-corrected chi connectivity index (χ4v) is 16.0. The van der Waals surface area contributed by atoms with Crippen molar-refractivity contribution in [2.75, 3.05) is 0 Å². The van der Waals surface area contributed by atoms with Gasteiger partial charge < -0.3 is 0 Å². The summed E-state index contributed by atoms with van der Waals surface area (Å²) < 4.78 is 0. The van der Waals surface area contributed by atoms with Gasteiger partial charge in [0.15, 0.2) is 0 Å². The van der Waals surface area contributed by atoms with E-state index in [1.807, 2.05) is 35.6 Å². The predicted molar refractivity (Wildman–Crippen MR) is 159 cm³/mol. The minimum atomic E-state index is -0.120. The van der Waals surface area contributed by atoms with Gasteiger partial charge in [-0.3, -0.25) is 0 Å². The zero-order valence-corrected chi connectivity index (χ0v) is 26.6. The van der Waals surface area contributed by atoms with E-state index in [1.54, 1.807) is 5.56 Å². The zero-order valence-electron chi connectivity index (χ0n) is 23.7. The second-order valence-electron chi connectivity index (χ2n) is 12.7. The fourth-order valence-electron chi connectivity index (χ4n) is 7.05. The van der Waals surface area contributed by atoms with Crippen molar-refractivity contribution in [3.63, 3.8) is 0 Å². The molecular weight excluding hydrogens is 502 g/mol. The molecule has 2 aliphatic rings. The average Bonchev–Trinajstić information content (AvgIpc) is 3.49. The quantitative estimate of drug-likeness (QED) is 0.196. The summed E-state index contributed by atoms with van der Waals surface area (Å²) in [5.74, 6) is 0. The molecule has 35 heavy (non-hydrogen) atoms. The third-order valence-corrected chi connectivity index (χ3v) is 15.4. The van der Waals surface area contributed by atoms with Gasteiger partial charge in [-0.15, -0.1) is 18.8 Å². The van der Waals surface area contributed by atoms with Crippen molar-refractivity contribution < 1.29 is 17.1 Å². The Morgan fingerprint density at radius 3 is 1.60 bits per heavy atom. The molecule has 0 aromatic heterocycles. The van der Waals surface area contributed by atoms with Crippen molar-refractivity contribution in [1.82, 2.24) is 0 Å². The first-order chi connectivity index (χ1) is 16.1. The molecule has 0 amide bonds. The van der Waals surface area contributed by atoms with Crippen LogP contribution < -0.4 is 5.30 Å². The third kappa shape index (κ3) is 8.81. The Labute approximate surface area is 231 Å². The molecule has 198 valence electrons. The van der Waals surface area contributed by atoms with E-state index in [0.717, 1.165) is 11.3 Å². The van der Waals surface area contributed by atoms with Gasteiger partial charge in [0.2, 0.25) is 0 Å². The van der Waals surface area contributed by atoms with Gasteiger partial charge in [-0.2, -0.15) is 24.3 Å². The molecule has 2 saturated carbocycles. The van der Waals surface area contributed by atoms with Gasteiger partial charge in [0.05, 0.1) is 0 Å². The standard InChI is InChI=1S/C27H47P2.C5H5.Fe/c1-21(29(26(2,3)4)27(5,6)7)24-19-14-20-25(24)28(22-15-10-8-11-16-22)23-17-12-9-13-18-23;1-2-4-5-3-1;/h14,19-23H,8-13,15-18H2,1-7H3;1-5H;/q2*-1;+2/t21-;;/m1../s1. The first kappa shape index (κ1) is 31.3. The van der Waals surface area contributed by atoms with Crippen LogP contribution in [0.25, 0.3) is 0 Å². The Balaban J connectivity index is 0.000000640. The fraction of sp³-hybridized carbons (Fsp3) is 0.688. The predicted octanol–water partition coefficient (Wildman–Crippen LogP) is 10.7. The molecule has 0 heterocycles.